The second kappa shape index (κ2) is 10.3. The first-order valence-electron chi connectivity index (χ1n) is 12.8. The van der Waals surface area contributed by atoms with Crippen molar-refractivity contribution >= 4 is 29.3 Å². The summed E-state index contributed by atoms with van der Waals surface area (Å²) in [5.41, 5.74) is 3.00. The maximum atomic E-state index is 13.2. The first-order valence-corrected chi connectivity index (χ1v) is 14.2. The predicted octanol–water partition coefficient (Wildman–Crippen LogP) is 5.65. The largest absolute Gasteiger partial charge is 0.496 e. The minimum absolute atomic E-state index is 0.190. The van der Waals surface area contributed by atoms with Crippen molar-refractivity contribution in [3.63, 3.8) is 0 Å². The number of anilines is 1. The van der Waals surface area contributed by atoms with Crippen molar-refractivity contribution in [3.8, 4) is 5.75 Å². The number of thioether (sulfide) groups is 1. The van der Waals surface area contributed by atoms with Crippen molar-refractivity contribution in [2.24, 2.45) is 17.8 Å². The fraction of sp³-hybridized carbons (Fsp3) is 0.517. The third kappa shape index (κ3) is 5.09. The molecule has 4 aliphatic carbocycles. The summed E-state index contributed by atoms with van der Waals surface area (Å²) < 4.78 is 5.32. The first kappa shape index (κ1) is 24.2. The highest BCUT2D eigenvalue weighted by Gasteiger charge is 2.51. The summed E-state index contributed by atoms with van der Waals surface area (Å²) in [6.07, 6.45) is 10.9. The number of benzene rings is 2. The molecule has 0 spiro atoms. The van der Waals surface area contributed by atoms with Gasteiger partial charge in [0.05, 0.1) is 12.7 Å². The second-order valence-corrected chi connectivity index (χ2v) is 11.8. The van der Waals surface area contributed by atoms with Crippen LogP contribution in [0.2, 0.25) is 0 Å². The summed E-state index contributed by atoms with van der Waals surface area (Å²) in [6, 6.07) is 15.0. The molecule has 2 N–H and O–H groups in total. The number of para-hydroxylation sites is 1. The van der Waals surface area contributed by atoms with Crippen LogP contribution in [0.25, 0.3) is 0 Å². The fourth-order valence-electron chi connectivity index (χ4n) is 7.17. The standard InChI is InChI=1S/C29H36N2O3S/c1-34-26-6-4-3-5-24(26)27(32)31-25(11-12-35-2)28(33)30-23-9-7-22(8-10-23)29-16-19-13-20(17-29)15-21(14-19)18-29/h3-10,19-21,25H,11-18H2,1-2H3,(H,30,33)(H,31,32)/t19?,20?,21?,25-,29?/m1/s1. The summed E-state index contributed by atoms with van der Waals surface area (Å²) in [5, 5.41) is 5.96. The van der Waals surface area contributed by atoms with E-state index in [0.717, 1.165) is 29.2 Å². The normalized spacial score (nSPS) is 27.3. The highest BCUT2D eigenvalue weighted by molar-refractivity contribution is 7.98. The quantitative estimate of drug-likeness (QED) is 0.474. The predicted molar refractivity (Wildman–Crippen MR) is 142 cm³/mol. The lowest BCUT2D eigenvalue weighted by molar-refractivity contribution is -0.118. The second-order valence-electron chi connectivity index (χ2n) is 10.8. The lowest BCUT2D eigenvalue weighted by atomic mass is 9.48. The highest BCUT2D eigenvalue weighted by Crippen LogP contribution is 2.60. The maximum absolute atomic E-state index is 13.2. The van der Waals surface area contributed by atoms with Gasteiger partial charge in [0.2, 0.25) is 5.91 Å². The highest BCUT2D eigenvalue weighted by atomic mass is 32.2. The van der Waals surface area contributed by atoms with Crippen LogP contribution in [0.3, 0.4) is 0 Å². The molecular weight excluding hydrogens is 456 g/mol. The van der Waals surface area contributed by atoms with E-state index in [9.17, 15) is 9.59 Å². The molecule has 1 atom stereocenters. The first-order chi connectivity index (χ1) is 17.0. The molecule has 2 amide bonds. The topological polar surface area (TPSA) is 67.4 Å². The van der Waals surface area contributed by atoms with Crippen LogP contribution < -0.4 is 15.4 Å². The Kier molecular flexibility index (Phi) is 7.10. The lowest BCUT2D eigenvalue weighted by Gasteiger charge is -2.57. The fourth-order valence-corrected chi connectivity index (χ4v) is 7.64. The van der Waals surface area contributed by atoms with E-state index in [1.165, 1.54) is 51.2 Å². The number of amides is 2. The molecule has 6 rings (SSSR count). The van der Waals surface area contributed by atoms with E-state index in [2.05, 4.69) is 22.8 Å². The van der Waals surface area contributed by atoms with Gasteiger partial charge < -0.3 is 15.4 Å². The van der Waals surface area contributed by atoms with Gasteiger partial charge in [0.25, 0.3) is 5.91 Å². The molecule has 0 saturated heterocycles. The van der Waals surface area contributed by atoms with Crippen molar-refractivity contribution in [2.75, 3.05) is 24.4 Å². The number of ether oxygens (including phenoxy) is 1. The maximum Gasteiger partial charge on any atom is 0.255 e. The molecule has 4 fully saturated rings. The number of carbonyl (C=O) groups is 2. The van der Waals surface area contributed by atoms with Gasteiger partial charge in [-0.25, -0.2) is 0 Å². The number of hydrogen-bond donors (Lipinski definition) is 2. The molecule has 35 heavy (non-hydrogen) atoms. The summed E-state index contributed by atoms with van der Waals surface area (Å²) >= 11 is 1.66. The molecule has 0 radical (unpaired) electrons. The van der Waals surface area contributed by atoms with Crippen LogP contribution in [0.5, 0.6) is 5.75 Å². The Morgan fingerprint density at radius 1 is 1.00 bits per heavy atom. The molecule has 4 bridgehead atoms. The van der Waals surface area contributed by atoms with E-state index in [-0.39, 0.29) is 11.8 Å². The molecule has 0 heterocycles. The molecular formula is C29H36N2O3S. The summed E-state index contributed by atoms with van der Waals surface area (Å²) in [6.45, 7) is 0. The molecule has 6 heteroatoms. The molecule has 5 nitrogen and oxygen atoms in total. The zero-order chi connectivity index (χ0) is 24.4. The molecule has 0 unspecified atom stereocenters. The van der Waals surface area contributed by atoms with Gasteiger partial charge in [-0.05, 0) is 110 Å². The molecule has 186 valence electrons. The summed E-state index contributed by atoms with van der Waals surface area (Å²) in [4.78, 5) is 26.1. The summed E-state index contributed by atoms with van der Waals surface area (Å²) in [7, 11) is 1.54. The molecule has 2 aromatic rings. The number of nitrogens with one attached hydrogen (secondary N) is 2. The van der Waals surface area contributed by atoms with Crippen LogP contribution in [0, 0.1) is 17.8 Å². The average molecular weight is 493 g/mol. The Bertz CT molecular complexity index is 1030. The summed E-state index contributed by atoms with van der Waals surface area (Å²) in [5.74, 6) is 3.49. The van der Waals surface area contributed by atoms with Crippen LogP contribution in [-0.2, 0) is 10.2 Å². The van der Waals surface area contributed by atoms with Crippen LogP contribution in [0.4, 0.5) is 5.69 Å². The van der Waals surface area contributed by atoms with Crippen LogP contribution in [0.15, 0.2) is 48.5 Å². The average Bonchev–Trinajstić information content (AvgIpc) is 2.86. The minimum Gasteiger partial charge on any atom is -0.496 e. The number of methoxy groups -OCH3 is 1. The van der Waals surface area contributed by atoms with Gasteiger partial charge >= 0.3 is 0 Å². The van der Waals surface area contributed by atoms with E-state index < -0.39 is 6.04 Å². The number of rotatable bonds is 9. The van der Waals surface area contributed by atoms with Crippen LogP contribution >= 0.6 is 11.8 Å². The minimum atomic E-state index is -0.623. The van der Waals surface area contributed by atoms with Gasteiger partial charge in [0.1, 0.15) is 11.8 Å². The van der Waals surface area contributed by atoms with Gasteiger partial charge in [-0.15, -0.1) is 0 Å². The SMILES string of the molecule is COc1ccccc1C(=O)N[C@H](CCSC)C(=O)Nc1ccc(C23CC4CC(CC(C4)C2)C3)cc1. The van der Waals surface area contributed by atoms with Crippen molar-refractivity contribution in [1.82, 2.24) is 5.32 Å². The van der Waals surface area contributed by atoms with E-state index >= 15 is 0 Å². The van der Waals surface area contributed by atoms with Crippen molar-refractivity contribution in [3.05, 3.63) is 59.7 Å². The molecule has 4 aliphatic rings. The van der Waals surface area contributed by atoms with Gasteiger partial charge in [-0.1, -0.05) is 24.3 Å². The zero-order valence-electron chi connectivity index (χ0n) is 20.7. The zero-order valence-corrected chi connectivity index (χ0v) is 21.5. The van der Waals surface area contributed by atoms with E-state index in [4.69, 9.17) is 4.74 Å². The van der Waals surface area contributed by atoms with Gasteiger partial charge in [-0.2, -0.15) is 11.8 Å². The Hall–Kier alpha value is -2.47. The van der Waals surface area contributed by atoms with Crippen molar-refractivity contribution < 1.29 is 14.3 Å². The Morgan fingerprint density at radius 3 is 2.23 bits per heavy atom. The Morgan fingerprint density at radius 2 is 1.63 bits per heavy atom. The monoisotopic (exact) mass is 492 g/mol. The number of hydrogen-bond acceptors (Lipinski definition) is 4. The number of carbonyl (C=O) groups excluding carboxylic acids is 2. The van der Waals surface area contributed by atoms with Gasteiger partial charge in [0.15, 0.2) is 0 Å². The van der Waals surface area contributed by atoms with Gasteiger partial charge in [0, 0.05) is 5.69 Å². The smallest absolute Gasteiger partial charge is 0.255 e. The third-order valence-corrected chi connectivity index (χ3v) is 9.03. The van der Waals surface area contributed by atoms with Crippen LogP contribution in [-0.4, -0.2) is 37.0 Å². The molecule has 4 saturated carbocycles. The van der Waals surface area contributed by atoms with E-state index in [0.29, 0.717) is 23.1 Å². The lowest BCUT2D eigenvalue weighted by Crippen LogP contribution is -2.48. The van der Waals surface area contributed by atoms with Crippen LogP contribution in [0.1, 0.15) is 60.9 Å². The molecule has 0 aromatic heterocycles. The van der Waals surface area contributed by atoms with E-state index in [1.54, 1.807) is 30.0 Å². The molecule has 2 aromatic carbocycles. The Labute approximate surface area is 212 Å². The molecule has 0 aliphatic heterocycles. The third-order valence-electron chi connectivity index (χ3n) is 8.39. The van der Waals surface area contributed by atoms with Crippen molar-refractivity contribution in [1.29, 1.82) is 0 Å². The Balaban J connectivity index is 1.26. The van der Waals surface area contributed by atoms with Crippen molar-refractivity contribution in [2.45, 2.75) is 56.4 Å². The van der Waals surface area contributed by atoms with Gasteiger partial charge in [-0.3, -0.25) is 9.59 Å². The van der Waals surface area contributed by atoms with E-state index in [1.807, 2.05) is 24.5 Å².